The highest BCUT2D eigenvalue weighted by Gasteiger charge is 2.48. The minimum absolute atomic E-state index is 0.212. The Morgan fingerprint density at radius 1 is 1.00 bits per heavy atom. The van der Waals surface area contributed by atoms with Crippen LogP contribution in [0.5, 0.6) is 0 Å². The number of hydrogen-bond donors (Lipinski definition) is 1. The summed E-state index contributed by atoms with van der Waals surface area (Å²) < 4.78 is 13.4. The second kappa shape index (κ2) is 4.37. The molecule has 4 saturated carbocycles. The van der Waals surface area contributed by atoms with Crippen molar-refractivity contribution in [3.63, 3.8) is 0 Å². The van der Waals surface area contributed by atoms with Crippen molar-refractivity contribution < 1.29 is 4.39 Å². The molecule has 0 heterocycles. The molecule has 1 N–H and O–H groups in total. The molecule has 3 heteroatoms. The summed E-state index contributed by atoms with van der Waals surface area (Å²) >= 11 is 6.18. The average molecular weight is 280 g/mol. The van der Waals surface area contributed by atoms with Crippen molar-refractivity contribution >= 4 is 17.3 Å². The predicted molar refractivity (Wildman–Crippen MR) is 75.9 cm³/mol. The van der Waals surface area contributed by atoms with Crippen molar-refractivity contribution in [3.05, 3.63) is 29.0 Å². The van der Waals surface area contributed by atoms with Crippen molar-refractivity contribution in [1.82, 2.24) is 0 Å². The van der Waals surface area contributed by atoms with Gasteiger partial charge in [0.1, 0.15) is 5.82 Å². The molecule has 4 aliphatic rings. The van der Waals surface area contributed by atoms with Crippen LogP contribution in [0.15, 0.2) is 18.2 Å². The van der Waals surface area contributed by atoms with Gasteiger partial charge < -0.3 is 5.32 Å². The molecule has 0 aliphatic heterocycles. The van der Waals surface area contributed by atoms with E-state index in [1.54, 1.807) is 6.07 Å². The molecule has 0 radical (unpaired) electrons. The molecule has 0 unspecified atom stereocenters. The van der Waals surface area contributed by atoms with E-state index in [4.69, 9.17) is 11.6 Å². The van der Waals surface area contributed by atoms with Gasteiger partial charge in [-0.05, 0) is 74.0 Å². The molecule has 0 aromatic heterocycles. The highest BCUT2D eigenvalue weighted by molar-refractivity contribution is 6.33. The third kappa shape index (κ3) is 2.05. The predicted octanol–water partition coefficient (Wildman–Crippen LogP) is 4.72. The Hall–Kier alpha value is -0.760. The van der Waals surface area contributed by atoms with Crippen LogP contribution in [0.1, 0.15) is 32.1 Å². The van der Waals surface area contributed by atoms with Crippen molar-refractivity contribution in [3.8, 4) is 0 Å². The van der Waals surface area contributed by atoms with Crippen LogP contribution in [0.2, 0.25) is 5.02 Å². The molecule has 1 aromatic carbocycles. The highest BCUT2D eigenvalue weighted by atomic mass is 35.5. The van der Waals surface area contributed by atoms with Gasteiger partial charge in [0.05, 0.1) is 10.7 Å². The highest BCUT2D eigenvalue weighted by Crippen LogP contribution is 2.54. The van der Waals surface area contributed by atoms with Gasteiger partial charge in [-0.25, -0.2) is 4.39 Å². The lowest BCUT2D eigenvalue weighted by Crippen LogP contribution is -2.51. The number of rotatable bonds is 2. The second-order valence-electron chi connectivity index (χ2n) is 6.73. The molecule has 0 saturated heterocycles. The lowest BCUT2D eigenvalue weighted by molar-refractivity contribution is 0.00753. The molecule has 4 fully saturated rings. The van der Waals surface area contributed by atoms with Crippen LogP contribution in [-0.4, -0.2) is 6.04 Å². The molecular weight excluding hydrogens is 261 g/mol. The van der Waals surface area contributed by atoms with Crippen molar-refractivity contribution in [2.45, 2.75) is 38.1 Å². The maximum atomic E-state index is 13.4. The number of hydrogen-bond acceptors (Lipinski definition) is 1. The number of anilines is 1. The minimum Gasteiger partial charge on any atom is -0.380 e. The minimum atomic E-state index is -0.212. The molecule has 1 aromatic rings. The summed E-state index contributed by atoms with van der Waals surface area (Å²) in [6, 6.07) is 5.11. The summed E-state index contributed by atoms with van der Waals surface area (Å²) in [6.07, 6.45) is 6.89. The normalized spacial score (nSPS) is 39.6. The summed E-state index contributed by atoms with van der Waals surface area (Å²) in [5, 5.41) is 4.20. The zero-order valence-corrected chi connectivity index (χ0v) is 11.7. The fourth-order valence-electron chi connectivity index (χ4n) is 4.95. The molecule has 102 valence electrons. The van der Waals surface area contributed by atoms with E-state index in [1.165, 1.54) is 44.2 Å². The van der Waals surface area contributed by atoms with E-state index in [9.17, 15) is 4.39 Å². The first-order valence-electron chi connectivity index (χ1n) is 7.40. The molecule has 0 spiro atoms. The summed E-state index contributed by atoms with van der Waals surface area (Å²) in [4.78, 5) is 0. The van der Waals surface area contributed by atoms with Gasteiger partial charge in [-0.15, -0.1) is 0 Å². The largest absolute Gasteiger partial charge is 0.380 e. The molecule has 19 heavy (non-hydrogen) atoms. The fourth-order valence-corrected chi connectivity index (χ4v) is 5.12. The lowest BCUT2D eigenvalue weighted by atomic mass is 9.54. The van der Waals surface area contributed by atoms with Crippen LogP contribution in [-0.2, 0) is 0 Å². The van der Waals surface area contributed by atoms with E-state index >= 15 is 0 Å². The Bertz CT molecular complexity index is 474. The molecule has 0 amide bonds. The zero-order valence-electron chi connectivity index (χ0n) is 10.9. The monoisotopic (exact) mass is 279 g/mol. The topological polar surface area (TPSA) is 12.0 Å². The van der Waals surface area contributed by atoms with E-state index in [2.05, 4.69) is 5.32 Å². The Morgan fingerprint density at radius 3 is 2.26 bits per heavy atom. The third-order valence-electron chi connectivity index (χ3n) is 5.48. The van der Waals surface area contributed by atoms with Gasteiger partial charge in [-0.1, -0.05) is 11.6 Å². The summed E-state index contributed by atoms with van der Waals surface area (Å²) in [5.41, 5.74) is 0.777. The van der Waals surface area contributed by atoms with Crippen molar-refractivity contribution in [2.24, 2.45) is 23.7 Å². The van der Waals surface area contributed by atoms with E-state index in [0.717, 1.165) is 29.4 Å². The van der Waals surface area contributed by atoms with Gasteiger partial charge in [0.25, 0.3) is 0 Å². The number of halogens is 2. The van der Waals surface area contributed by atoms with Crippen LogP contribution in [0.4, 0.5) is 10.1 Å². The standard InChI is InChI=1S/C16H19ClFN/c17-14-2-1-13(18)8-15(14)19-16-11-4-9-3-10(6-11)7-12(16)5-9/h1-2,8-12,16,19H,3-7H2. The molecule has 4 aliphatic carbocycles. The van der Waals surface area contributed by atoms with Crippen LogP contribution in [0.3, 0.4) is 0 Å². The van der Waals surface area contributed by atoms with Crippen LogP contribution in [0.25, 0.3) is 0 Å². The van der Waals surface area contributed by atoms with Gasteiger partial charge in [-0.2, -0.15) is 0 Å². The van der Waals surface area contributed by atoms with Crippen molar-refractivity contribution in [1.29, 1.82) is 0 Å². The Labute approximate surface area is 118 Å². The third-order valence-corrected chi connectivity index (χ3v) is 5.81. The summed E-state index contributed by atoms with van der Waals surface area (Å²) in [5.74, 6) is 3.26. The fraction of sp³-hybridized carbons (Fsp3) is 0.625. The molecule has 4 bridgehead atoms. The van der Waals surface area contributed by atoms with Crippen LogP contribution in [0, 0.1) is 29.5 Å². The summed E-state index contributed by atoms with van der Waals surface area (Å²) in [6.45, 7) is 0. The summed E-state index contributed by atoms with van der Waals surface area (Å²) in [7, 11) is 0. The first kappa shape index (κ1) is 12.0. The van der Waals surface area contributed by atoms with Gasteiger partial charge >= 0.3 is 0 Å². The number of benzene rings is 1. The Morgan fingerprint density at radius 2 is 1.63 bits per heavy atom. The maximum absolute atomic E-state index is 13.4. The smallest absolute Gasteiger partial charge is 0.125 e. The van der Waals surface area contributed by atoms with E-state index in [1.807, 2.05) is 0 Å². The zero-order chi connectivity index (χ0) is 13.0. The van der Waals surface area contributed by atoms with Crippen molar-refractivity contribution in [2.75, 3.05) is 5.32 Å². The average Bonchev–Trinajstić information content (AvgIpc) is 2.37. The molecule has 0 atom stereocenters. The van der Waals surface area contributed by atoms with Gasteiger partial charge in [0.15, 0.2) is 0 Å². The molecule has 1 nitrogen and oxygen atoms in total. The van der Waals surface area contributed by atoms with E-state index in [0.29, 0.717) is 11.1 Å². The quantitative estimate of drug-likeness (QED) is 0.826. The Kier molecular flexibility index (Phi) is 2.77. The van der Waals surface area contributed by atoms with Gasteiger partial charge in [0, 0.05) is 6.04 Å². The molecule has 5 rings (SSSR count). The molecular formula is C16H19ClFN. The maximum Gasteiger partial charge on any atom is 0.125 e. The second-order valence-corrected chi connectivity index (χ2v) is 7.13. The first-order valence-corrected chi connectivity index (χ1v) is 7.78. The van der Waals surface area contributed by atoms with Crippen LogP contribution >= 0.6 is 11.6 Å². The SMILES string of the molecule is Fc1ccc(Cl)c(NC2C3CC4CC(C3)CC2C4)c1. The Balaban J connectivity index is 1.58. The van der Waals surface area contributed by atoms with Crippen LogP contribution < -0.4 is 5.32 Å². The van der Waals surface area contributed by atoms with E-state index in [-0.39, 0.29) is 5.82 Å². The van der Waals surface area contributed by atoms with Gasteiger partial charge in [-0.3, -0.25) is 0 Å². The van der Waals surface area contributed by atoms with Gasteiger partial charge in [0.2, 0.25) is 0 Å². The van der Waals surface area contributed by atoms with E-state index < -0.39 is 0 Å². The lowest BCUT2D eigenvalue weighted by Gasteiger charge is -2.54. The first-order chi connectivity index (χ1) is 9.19. The number of nitrogens with one attached hydrogen (secondary N) is 1.